The Balaban J connectivity index is 1.66. The number of carboxylic acid groups (broad SMARTS) is 1. The molecule has 35 heavy (non-hydrogen) atoms. The minimum absolute atomic E-state index is 0.167. The molecule has 3 aromatic rings. The largest absolute Gasteiger partial charge is 0.481 e. The number of likely N-dealkylation sites (N-methyl/N-ethyl adjacent to an activating group) is 1. The minimum Gasteiger partial charge on any atom is -0.481 e. The van der Waals surface area contributed by atoms with Crippen LogP contribution in [0.3, 0.4) is 0 Å². The summed E-state index contributed by atoms with van der Waals surface area (Å²) in [6.45, 7) is 1.96. The van der Waals surface area contributed by atoms with Crippen LogP contribution in [-0.2, 0) is 37.7 Å². The number of ketones is 1. The number of nitrogens with zero attached hydrogens (tertiary/aromatic N) is 2. The highest BCUT2D eigenvalue weighted by Crippen LogP contribution is 2.42. The van der Waals surface area contributed by atoms with Gasteiger partial charge in [0.25, 0.3) is 5.56 Å². The van der Waals surface area contributed by atoms with Crippen LogP contribution in [0.1, 0.15) is 42.9 Å². The first-order valence-corrected chi connectivity index (χ1v) is 11.5. The van der Waals surface area contributed by atoms with Crippen molar-refractivity contribution >= 4 is 28.6 Å². The van der Waals surface area contributed by atoms with E-state index in [1.807, 2.05) is 30.3 Å². The number of esters is 1. The highest BCUT2D eigenvalue weighted by Gasteiger charge is 2.48. The number of Topliss-reactive ketones (excluding diaryl/α,β-unsaturated/α-hetero) is 1. The molecule has 5 rings (SSSR count). The SMILES string of the molecule is CC[C@@]1(CC(=O)[C@@H](CC(=O)O)NC)C(=O)OCc2c1cc1n(c2=O)Cc2cc3ccccc3nc2-1. The Morgan fingerprint density at radius 3 is 2.74 bits per heavy atom. The van der Waals surface area contributed by atoms with E-state index in [1.54, 1.807) is 17.6 Å². The van der Waals surface area contributed by atoms with Crippen LogP contribution in [0.5, 0.6) is 0 Å². The molecule has 2 atom stereocenters. The zero-order chi connectivity index (χ0) is 24.9. The predicted molar refractivity (Wildman–Crippen MR) is 127 cm³/mol. The number of carbonyl (C=O) groups is 3. The summed E-state index contributed by atoms with van der Waals surface area (Å²) >= 11 is 0. The van der Waals surface area contributed by atoms with Crippen LogP contribution in [0.25, 0.3) is 22.3 Å². The van der Waals surface area contributed by atoms with Gasteiger partial charge in [-0.1, -0.05) is 25.1 Å². The summed E-state index contributed by atoms with van der Waals surface area (Å²) in [5, 5.41) is 12.9. The second-order valence-electron chi connectivity index (χ2n) is 9.10. The molecule has 1 aromatic carbocycles. The van der Waals surface area contributed by atoms with E-state index in [0.717, 1.165) is 16.5 Å². The van der Waals surface area contributed by atoms with E-state index in [4.69, 9.17) is 9.72 Å². The van der Waals surface area contributed by atoms with Gasteiger partial charge in [-0.25, -0.2) is 4.98 Å². The highest BCUT2D eigenvalue weighted by molar-refractivity contribution is 5.96. The topological polar surface area (TPSA) is 128 Å². The number of fused-ring (bicyclic) bond motifs is 5. The van der Waals surface area contributed by atoms with Crippen molar-refractivity contribution in [3.05, 3.63) is 63.4 Å². The number of aliphatic carboxylic acids is 1. The zero-order valence-electron chi connectivity index (χ0n) is 19.5. The fourth-order valence-corrected chi connectivity index (χ4v) is 5.27. The molecule has 2 aliphatic heterocycles. The van der Waals surface area contributed by atoms with Crippen LogP contribution in [0.2, 0.25) is 0 Å². The minimum atomic E-state index is -1.38. The quantitative estimate of drug-likeness (QED) is 0.389. The van der Waals surface area contributed by atoms with Gasteiger partial charge in [-0.2, -0.15) is 0 Å². The van der Waals surface area contributed by atoms with Gasteiger partial charge in [-0.05, 0) is 37.2 Å². The molecule has 9 nitrogen and oxygen atoms in total. The van der Waals surface area contributed by atoms with Crippen LogP contribution in [-0.4, -0.2) is 45.5 Å². The van der Waals surface area contributed by atoms with E-state index in [9.17, 15) is 24.3 Å². The van der Waals surface area contributed by atoms with Crippen LogP contribution >= 0.6 is 0 Å². The molecule has 2 aliphatic rings. The fourth-order valence-electron chi connectivity index (χ4n) is 5.27. The first-order chi connectivity index (χ1) is 16.8. The number of cyclic esters (lactones) is 1. The summed E-state index contributed by atoms with van der Waals surface area (Å²) in [4.78, 5) is 55.9. The summed E-state index contributed by atoms with van der Waals surface area (Å²) in [6, 6.07) is 10.6. The maximum Gasteiger partial charge on any atom is 0.317 e. The Kier molecular flexibility index (Phi) is 5.52. The molecule has 9 heteroatoms. The van der Waals surface area contributed by atoms with Crippen molar-refractivity contribution in [2.75, 3.05) is 7.05 Å². The molecule has 180 valence electrons. The monoisotopic (exact) mass is 475 g/mol. The number of carbonyl (C=O) groups excluding carboxylic acids is 2. The second-order valence-corrected chi connectivity index (χ2v) is 9.10. The van der Waals surface area contributed by atoms with Gasteiger partial charge < -0.3 is 19.7 Å². The lowest BCUT2D eigenvalue weighted by Gasteiger charge is -2.36. The number of pyridine rings is 2. The third kappa shape index (κ3) is 3.54. The van der Waals surface area contributed by atoms with Crippen LogP contribution in [0, 0.1) is 0 Å². The van der Waals surface area contributed by atoms with Gasteiger partial charge >= 0.3 is 11.9 Å². The Hall–Kier alpha value is -3.85. The molecule has 0 aliphatic carbocycles. The number of hydrogen-bond acceptors (Lipinski definition) is 7. The number of ether oxygens (including phenoxy) is 1. The smallest absolute Gasteiger partial charge is 0.317 e. The van der Waals surface area contributed by atoms with Crippen molar-refractivity contribution in [2.45, 2.75) is 50.8 Å². The lowest BCUT2D eigenvalue weighted by Crippen LogP contribution is -2.48. The number of carboxylic acids is 1. The molecule has 0 saturated heterocycles. The number of para-hydroxylation sites is 1. The molecular weight excluding hydrogens is 450 g/mol. The molecule has 0 saturated carbocycles. The van der Waals surface area contributed by atoms with Gasteiger partial charge in [0.1, 0.15) is 12.0 Å². The molecule has 2 N–H and O–H groups in total. The summed E-state index contributed by atoms with van der Waals surface area (Å²) in [7, 11) is 1.50. The predicted octanol–water partition coefficient (Wildman–Crippen LogP) is 2.15. The van der Waals surface area contributed by atoms with Gasteiger partial charge in [-0.15, -0.1) is 0 Å². The second kappa shape index (κ2) is 8.42. The molecule has 2 aromatic heterocycles. The lowest BCUT2D eigenvalue weighted by molar-refractivity contribution is -0.156. The lowest BCUT2D eigenvalue weighted by atomic mass is 9.70. The van der Waals surface area contributed by atoms with Crippen molar-refractivity contribution in [3.63, 3.8) is 0 Å². The molecule has 0 amide bonds. The Labute approximate surface area is 200 Å². The van der Waals surface area contributed by atoms with Gasteiger partial charge in [-0.3, -0.25) is 19.2 Å². The van der Waals surface area contributed by atoms with E-state index in [-0.39, 0.29) is 25.0 Å². The van der Waals surface area contributed by atoms with E-state index in [1.165, 1.54) is 7.05 Å². The Morgan fingerprint density at radius 1 is 1.26 bits per heavy atom. The van der Waals surface area contributed by atoms with Crippen molar-refractivity contribution in [1.82, 2.24) is 14.9 Å². The van der Waals surface area contributed by atoms with Gasteiger partial charge in [0.2, 0.25) is 0 Å². The molecule has 0 bridgehead atoms. The molecule has 0 fully saturated rings. The van der Waals surface area contributed by atoms with E-state index < -0.39 is 35.6 Å². The maximum absolute atomic E-state index is 13.6. The third-order valence-electron chi connectivity index (χ3n) is 7.22. The molecule has 0 radical (unpaired) electrons. The van der Waals surface area contributed by atoms with E-state index in [2.05, 4.69) is 5.32 Å². The Bertz CT molecular complexity index is 1460. The average Bonchev–Trinajstić information content (AvgIpc) is 3.20. The summed E-state index contributed by atoms with van der Waals surface area (Å²) < 4.78 is 7.07. The molecular formula is C26H25N3O6. The number of rotatable bonds is 7. The fraction of sp³-hybridized carbons (Fsp3) is 0.346. The van der Waals surface area contributed by atoms with Gasteiger partial charge in [0, 0.05) is 17.4 Å². The van der Waals surface area contributed by atoms with E-state index >= 15 is 0 Å². The summed E-state index contributed by atoms with van der Waals surface area (Å²) in [5.74, 6) is -2.13. The van der Waals surface area contributed by atoms with Crippen molar-refractivity contribution in [2.24, 2.45) is 0 Å². The van der Waals surface area contributed by atoms with Crippen LogP contribution < -0.4 is 10.9 Å². The number of hydrogen-bond donors (Lipinski definition) is 2. The van der Waals surface area contributed by atoms with E-state index in [0.29, 0.717) is 29.1 Å². The average molecular weight is 476 g/mol. The van der Waals surface area contributed by atoms with Crippen molar-refractivity contribution < 1.29 is 24.2 Å². The first-order valence-electron chi connectivity index (χ1n) is 11.5. The number of nitrogens with one attached hydrogen (secondary N) is 1. The van der Waals surface area contributed by atoms with Crippen molar-refractivity contribution in [1.29, 1.82) is 0 Å². The normalized spacial score (nSPS) is 19.0. The Morgan fingerprint density at radius 2 is 2.03 bits per heavy atom. The third-order valence-corrected chi connectivity index (χ3v) is 7.22. The van der Waals surface area contributed by atoms with Crippen LogP contribution in [0.15, 0.2) is 41.2 Å². The van der Waals surface area contributed by atoms with Gasteiger partial charge in [0.05, 0.1) is 41.5 Å². The van der Waals surface area contributed by atoms with Crippen LogP contribution in [0.4, 0.5) is 0 Å². The maximum atomic E-state index is 13.6. The zero-order valence-corrected chi connectivity index (χ0v) is 19.5. The molecule has 0 spiro atoms. The highest BCUT2D eigenvalue weighted by atomic mass is 16.5. The summed E-state index contributed by atoms with van der Waals surface area (Å²) in [5.41, 5.74) is 2.15. The number of aromatic nitrogens is 2. The summed E-state index contributed by atoms with van der Waals surface area (Å²) in [6.07, 6.45) is -0.460. The molecule has 0 unspecified atom stereocenters. The van der Waals surface area contributed by atoms with Gasteiger partial charge in [0.15, 0.2) is 5.78 Å². The standard InChI is InChI=1S/C26H25N3O6/c1-3-26(11-21(30)19(27-2)10-22(31)32)17-9-20-23-15(8-14-6-4-5-7-18(14)28-23)12-29(20)24(33)16(17)13-35-25(26)34/h4-9,19,27H,3,10-13H2,1-2H3,(H,31,32)/t19-,26+/m1/s1. The molecule has 4 heterocycles. The van der Waals surface area contributed by atoms with Crippen molar-refractivity contribution in [3.8, 4) is 11.4 Å². The first kappa shape index (κ1) is 22.9. The number of benzene rings is 1.